The van der Waals surface area contributed by atoms with E-state index in [1.807, 2.05) is 55.5 Å². The van der Waals surface area contributed by atoms with Crippen LogP contribution in [0.1, 0.15) is 6.92 Å². The van der Waals surface area contributed by atoms with Gasteiger partial charge < -0.3 is 9.47 Å². The van der Waals surface area contributed by atoms with Crippen molar-refractivity contribution in [2.45, 2.75) is 13.0 Å². The maximum atomic E-state index is 5.80. The van der Waals surface area contributed by atoms with Gasteiger partial charge in [0.15, 0.2) is 0 Å². The van der Waals surface area contributed by atoms with Crippen LogP contribution in [0.5, 0.6) is 11.5 Å². The smallest absolute Gasteiger partial charge is 0.130 e. The molecule has 1 unspecified atom stereocenters. The van der Waals surface area contributed by atoms with Crippen LogP contribution in [-0.2, 0) is 0 Å². The molecular weight excluding hydrogens is 252 g/mol. The summed E-state index contributed by atoms with van der Waals surface area (Å²) in [5, 5.41) is 0. The van der Waals surface area contributed by atoms with Gasteiger partial charge in [0.2, 0.25) is 0 Å². The Hall–Kier alpha value is -2.58. The van der Waals surface area contributed by atoms with Crippen LogP contribution >= 0.6 is 0 Å². The van der Waals surface area contributed by atoms with Crippen molar-refractivity contribution in [1.29, 1.82) is 0 Å². The number of ether oxygens (including phenoxy) is 2. The number of hydrogen-bond acceptors (Lipinski definition) is 4. The summed E-state index contributed by atoms with van der Waals surface area (Å²) in [6.45, 7) is 2.44. The monoisotopic (exact) mass is 266 g/mol. The molecule has 0 aliphatic carbocycles. The van der Waals surface area contributed by atoms with Crippen molar-refractivity contribution in [3.05, 3.63) is 48.5 Å². The van der Waals surface area contributed by atoms with Crippen molar-refractivity contribution in [3.8, 4) is 11.5 Å². The molecule has 4 heteroatoms. The lowest BCUT2D eigenvalue weighted by molar-refractivity contribution is 0.143. The molecule has 20 heavy (non-hydrogen) atoms. The van der Waals surface area contributed by atoms with Crippen LogP contribution in [0.15, 0.2) is 58.5 Å². The van der Waals surface area contributed by atoms with Crippen molar-refractivity contribution in [1.82, 2.24) is 0 Å². The third-order valence-corrected chi connectivity index (χ3v) is 2.82. The van der Waals surface area contributed by atoms with Gasteiger partial charge in [-0.15, -0.1) is 0 Å². The summed E-state index contributed by atoms with van der Waals surface area (Å²) < 4.78 is 11.5. The Morgan fingerprint density at radius 1 is 1.00 bits per heavy atom. The van der Waals surface area contributed by atoms with Crippen molar-refractivity contribution in [2.75, 3.05) is 6.61 Å². The summed E-state index contributed by atoms with van der Waals surface area (Å²) in [5.74, 6) is 1.52. The Bertz CT molecular complexity index is 676. The average molecular weight is 266 g/mol. The fourth-order valence-corrected chi connectivity index (χ4v) is 1.89. The second kappa shape index (κ2) is 5.59. The van der Waals surface area contributed by atoms with Gasteiger partial charge in [-0.05, 0) is 31.2 Å². The molecule has 0 amide bonds. The summed E-state index contributed by atoms with van der Waals surface area (Å²) >= 11 is 0. The van der Waals surface area contributed by atoms with E-state index in [0.29, 0.717) is 6.61 Å². The molecule has 0 aromatic heterocycles. The molecule has 2 aromatic carbocycles. The van der Waals surface area contributed by atoms with E-state index in [4.69, 9.17) is 9.47 Å². The maximum Gasteiger partial charge on any atom is 0.130 e. The largest absolute Gasteiger partial charge is 0.490 e. The van der Waals surface area contributed by atoms with Crippen LogP contribution in [0.4, 0.5) is 11.4 Å². The summed E-state index contributed by atoms with van der Waals surface area (Å²) in [4.78, 5) is 8.36. The first-order valence-electron chi connectivity index (χ1n) is 6.46. The van der Waals surface area contributed by atoms with Gasteiger partial charge in [-0.25, -0.2) is 0 Å². The number of nitrogens with zero attached hydrogens (tertiary/aromatic N) is 2. The maximum absolute atomic E-state index is 5.80. The Morgan fingerprint density at radius 2 is 1.65 bits per heavy atom. The fraction of sp³-hybridized carbons (Fsp3) is 0.188. The zero-order valence-electron chi connectivity index (χ0n) is 11.1. The van der Waals surface area contributed by atoms with Gasteiger partial charge in [-0.3, -0.25) is 0 Å². The predicted molar refractivity (Wildman–Crippen MR) is 77.7 cm³/mol. The molecule has 3 rings (SSSR count). The van der Waals surface area contributed by atoms with Gasteiger partial charge in [0.25, 0.3) is 0 Å². The Labute approximate surface area is 117 Å². The fourth-order valence-electron chi connectivity index (χ4n) is 1.89. The van der Waals surface area contributed by atoms with Crippen LogP contribution in [-0.4, -0.2) is 18.7 Å². The molecule has 1 heterocycles. The predicted octanol–water partition coefficient (Wildman–Crippen LogP) is 3.98. The van der Waals surface area contributed by atoms with Gasteiger partial charge >= 0.3 is 0 Å². The molecule has 1 aliphatic heterocycles. The Kier molecular flexibility index (Phi) is 3.48. The van der Waals surface area contributed by atoms with Gasteiger partial charge in [-0.2, -0.15) is 9.98 Å². The van der Waals surface area contributed by atoms with Crippen molar-refractivity contribution in [2.24, 2.45) is 9.98 Å². The highest BCUT2D eigenvalue weighted by molar-refractivity contribution is 5.59. The second-order valence-electron chi connectivity index (χ2n) is 4.56. The molecule has 2 aromatic rings. The molecule has 100 valence electrons. The number of benzene rings is 2. The third-order valence-electron chi connectivity index (χ3n) is 2.82. The number of aliphatic imine (C=N–C) groups is 2. The van der Waals surface area contributed by atoms with Crippen LogP contribution in [0, 0.1) is 0 Å². The van der Waals surface area contributed by atoms with E-state index in [-0.39, 0.29) is 6.10 Å². The normalized spacial score (nSPS) is 17.1. The zero-order chi connectivity index (χ0) is 13.8. The standard InChI is InChI=1S/C16H14N2O2/c1-12-10-19-15-6-2-4-13(8-15)17-11-18-14-5-3-7-16(9-14)20-12/h2-9,12H,10H2,1H3. The molecule has 0 spiro atoms. The first-order chi connectivity index (χ1) is 9.79. The summed E-state index contributed by atoms with van der Waals surface area (Å²) in [5.41, 5.74) is 1.52. The second-order valence-corrected chi connectivity index (χ2v) is 4.56. The van der Waals surface area contributed by atoms with Gasteiger partial charge in [0.05, 0.1) is 11.4 Å². The lowest BCUT2D eigenvalue weighted by Crippen LogP contribution is -2.20. The zero-order valence-corrected chi connectivity index (χ0v) is 11.1. The first-order valence-corrected chi connectivity index (χ1v) is 6.46. The lowest BCUT2D eigenvalue weighted by atomic mass is 10.3. The summed E-state index contributed by atoms with van der Waals surface area (Å²) in [6, 6.07) is 17.7. The number of hydrogen-bond donors (Lipinski definition) is 0. The van der Waals surface area contributed by atoms with Crippen molar-refractivity contribution in [3.63, 3.8) is 0 Å². The average Bonchev–Trinajstić information content (AvgIpc) is 2.46. The summed E-state index contributed by atoms with van der Waals surface area (Å²) in [6.07, 6.45) is -0.0560. The van der Waals surface area contributed by atoms with Crippen LogP contribution in [0.25, 0.3) is 0 Å². The molecule has 0 N–H and O–H groups in total. The summed E-state index contributed by atoms with van der Waals surface area (Å²) in [7, 11) is 0. The van der Waals surface area contributed by atoms with Gasteiger partial charge in [0.1, 0.15) is 30.2 Å². The van der Waals surface area contributed by atoms with Crippen molar-refractivity contribution >= 4 is 17.4 Å². The van der Waals surface area contributed by atoms with Crippen LogP contribution < -0.4 is 9.47 Å². The van der Waals surface area contributed by atoms with Gasteiger partial charge in [-0.1, -0.05) is 12.1 Å². The van der Waals surface area contributed by atoms with Crippen LogP contribution in [0.2, 0.25) is 0 Å². The van der Waals surface area contributed by atoms with Gasteiger partial charge in [0, 0.05) is 12.1 Å². The molecule has 0 saturated heterocycles. The van der Waals surface area contributed by atoms with E-state index in [9.17, 15) is 0 Å². The molecule has 1 atom stereocenters. The van der Waals surface area contributed by atoms with E-state index in [2.05, 4.69) is 16.0 Å². The van der Waals surface area contributed by atoms with Crippen LogP contribution in [0.3, 0.4) is 0 Å². The minimum absolute atomic E-state index is 0.0560. The van der Waals surface area contributed by atoms with E-state index in [0.717, 1.165) is 22.9 Å². The quantitative estimate of drug-likeness (QED) is 0.723. The molecule has 4 nitrogen and oxygen atoms in total. The first kappa shape index (κ1) is 12.5. The SMILES string of the molecule is CC1COc2cccc(c2)N=C=Nc2cccc(c2)O1. The lowest BCUT2D eigenvalue weighted by Gasteiger charge is -2.15. The molecule has 0 fully saturated rings. The van der Waals surface area contributed by atoms with Crippen molar-refractivity contribution < 1.29 is 9.47 Å². The molecule has 1 aliphatic rings. The highest BCUT2D eigenvalue weighted by Crippen LogP contribution is 2.23. The minimum Gasteiger partial charge on any atom is -0.490 e. The molecule has 0 saturated carbocycles. The highest BCUT2D eigenvalue weighted by Gasteiger charge is 2.07. The highest BCUT2D eigenvalue weighted by atomic mass is 16.5. The molecule has 4 bridgehead atoms. The minimum atomic E-state index is -0.0560. The van der Waals surface area contributed by atoms with E-state index in [1.54, 1.807) is 0 Å². The Morgan fingerprint density at radius 3 is 2.40 bits per heavy atom. The molecular formula is C16H14N2O2. The third kappa shape index (κ3) is 3.05. The number of fused-ring (bicyclic) bond motifs is 4. The van der Waals surface area contributed by atoms with E-state index >= 15 is 0 Å². The Balaban J connectivity index is 2.01. The topological polar surface area (TPSA) is 43.2 Å². The van der Waals surface area contributed by atoms with E-state index < -0.39 is 0 Å². The molecule has 0 radical (unpaired) electrons. The number of rotatable bonds is 0. The van der Waals surface area contributed by atoms with E-state index in [1.165, 1.54) is 0 Å².